The van der Waals surface area contributed by atoms with Crippen LogP contribution in [0.15, 0.2) is 0 Å². The third kappa shape index (κ3) is 1.52. The summed E-state index contributed by atoms with van der Waals surface area (Å²) >= 11 is 0. The van der Waals surface area contributed by atoms with E-state index in [0.717, 1.165) is 0 Å². The Hall–Kier alpha value is -1.26. The number of amides is 3. The summed E-state index contributed by atoms with van der Waals surface area (Å²) in [6.07, 6.45) is -6.42. The standard InChI is InChI=1S/C9H14N2O7/c1-11-7(16)9(10-8(11)17)6(15)5(14)4(13)3(2-12)18-9/h3-6,12-15H,2H2,1H3,(H,10,17)/t3-,4-,5+,6-,9+/m1/s1. The fraction of sp³-hybridized carbons (Fsp3) is 0.778. The Bertz CT molecular complexity index is 387. The highest BCUT2D eigenvalue weighted by Gasteiger charge is 2.63. The first-order chi connectivity index (χ1) is 8.35. The Balaban J connectivity index is 2.38. The van der Waals surface area contributed by atoms with E-state index < -0.39 is 48.7 Å². The maximum Gasteiger partial charge on any atom is 0.326 e. The molecule has 5 N–H and O–H groups in total. The second-order valence-electron chi connectivity index (χ2n) is 4.29. The van der Waals surface area contributed by atoms with Gasteiger partial charge in [-0.15, -0.1) is 0 Å². The van der Waals surface area contributed by atoms with Gasteiger partial charge in [0.2, 0.25) is 0 Å². The number of carbonyl (C=O) groups is 2. The molecular weight excluding hydrogens is 248 g/mol. The molecule has 1 spiro atoms. The number of urea groups is 1. The molecule has 9 nitrogen and oxygen atoms in total. The van der Waals surface area contributed by atoms with Crippen LogP contribution in [-0.4, -0.2) is 81.1 Å². The number of nitrogens with zero attached hydrogens (tertiary/aromatic N) is 1. The molecule has 18 heavy (non-hydrogen) atoms. The number of aliphatic hydroxyl groups excluding tert-OH is 4. The summed E-state index contributed by atoms with van der Waals surface area (Å²) in [4.78, 5) is 24.0. The Morgan fingerprint density at radius 1 is 1.33 bits per heavy atom. The first-order valence-corrected chi connectivity index (χ1v) is 5.28. The fourth-order valence-corrected chi connectivity index (χ4v) is 2.09. The van der Waals surface area contributed by atoms with E-state index in [9.17, 15) is 24.9 Å². The number of nitrogens with one attached hydrogen (secondary N) is 1. The van der Waals surface area contributed by atoms with Crippen LogP contribution in [0.5, 0.6) is 0 Å². The predicted octanol–water partition coefficient (Wildman–Crippen LogP) is -3.66. The molecule has 102 valence electrons. The van der Waals surface area contributed by atoms with Crippen molar-refractivity contribution < 1.29 is 34.8 Å². The van der Waals surface area contributed by atoms with Gasteiger partial charge in [-0.05, 0) is 0 Å². The van der Waals surface area contributed by atoms with Crippen LogP contribution in [0.25, 0.3) is 0 Å². The largest absolute Gasteiger partial charge is 0.394 e. The Kier molecular flexibility index (Phi) is 3.03. The highest BCUT2D eigenvalue weighted by atomic mass is 16.6. The zero-order valence-electron chi connectivity index (χ0n) is 9.48. The number of aliphatic hydroxyl groups is 4. The molecule has 3 amide bonds. The molecule has 5 atom stereocenters. The third-order valence-corrected chi connectivity index (χ3v) is 3.21. The van der Waals surface area contributed by atoms with Crippen molar-refractivity contribution in [2.45, 2.75) is 30.1 Å². The van der Waals surface area contributed by atoms with Crippen LogP contribution in [0, 0.1) is 0 Å². The first kappa shape index (κ1) is 13.2. The topological polar surface area (TPSA) is 140 Å². The van der Waals surface area contributed by atoms with Crippen molar-refractivity contribution in [3.05, 3.63) is 0 Å². The maximum absolute atomic E-state index is 11.9. The number of hydrogen-bond donors (Lipinski definition) is 5. The molecule has 2 heterocycles. The van der Waals surface area contributed by atoms with E-state index in [-0.39, 0.29) is 0 Å². The summed E-state index contributed by atoms with van der Waals surface area (Å²) in [5.41, 5.74) is -2.17. The van der Waals surface area contributed by atoms with Crippen LogP contribution in [0.1, 0.15) is 0 Å². The Labute approximate surface area is 102 Å². The summed E-state index contributed by atoms with van der Waals surface area (Å²) in [5, 5.41) is 40.2. The van der Waals surface area contributed by atoms with Gasteiger partial charge in [-0.25, -0.2) is 4.79 Å². The van der Waals surface area contributed by atoms with Crippen LogP contribution in [0.4, 0.5) is 4.79 Å². The lowest BCUT2D eigenvalue weighted by Crippen LogP contribution is -2.71. The second kappa shape index (κ2) is 4.14. The van der Waals surface area contributed by atoms with Gasteiger partial charge in [0.15, 0.2) is 0 Å². The molecule has 2 saturated heterocycles. The zero-order valence-corrected chi connectivity index (χ0v) is 9.48. The second-order valence-corrected chi connectivity index (χ2v) is 4.29. The molecule has 0 aromatic heterocycles. The smallest absolute Gasteiger partial charge is 0.326 e. The van der Waals surface area contributed by atoms with Gasteiger partial charge in [-0.3, -0.25) is 15.0 Å². The fourth-order valence-electron chi connectivity index (χ4n) is 2.09. The minimum Gasteiger partial charge on any atom is -0.394 e. The third-order valence-electron chi connectivity index (χ3n) is 3.21. The molecule has 0 aromatic carbocycles. The van der Waals surface area contributed by atoms with Crippen LogP contribution < -0.4 is 5.32 Å². The number of ether oxygens (including phenoxy) is 1. The Morgan fingerprint density at radius 3 is 2.39 bits per heavy atom. The lowest BCUT2D eigenvalue weighted by molar-refractivity contribution is -0.268. The zero-order chi connectivity index (χ0) is 13.7. The van der Waals surface area contributed by atoms with E-state index in [2.05, 4.69) is 5.32 Å². The van der Waals surface area contributed by atoms with Gasteiger partial charge in [-0.1, -0.05) is 0 Å². The predicted molar refractivity (Wildman–Crippen MR) is 54.0 cm³/mol. The van der Waals surface area contributed by atoms with E-state index in [1.165, 1.54) is 7.05 Å². The van der Waals surface area contributed by atoms with E-state index in [1.807, 2.05) is 0 Å². The lowest BCUT2D eigenvalue weighted by Gasteiger charge is -2.44. The van der Waals surface area contributed by atoms with Crippen molar-refractivity contribution in [3.63, 3.8) is 0 Å². The molecule has 0 unspecified atom stereocenters. The van der Waals surface area contributed by atoms with Gasteiger partial charge in [0.1, 0.15) is 24.4 Å². The number of likely N-dealkylation sites (N-methyl/N-ethyl adjacent to an activating group) is 1. The molecule has 0 aliphatic carbocycles. The number of rotatable bonds is 1. The minimum absolute atomic E-state index is 0.681. The number of imide groups is 1. The molecule has 0 bridgehead atoms. The van der Waals surface area contributed by atoms with Crippen molar-refractivity contribution in [2.24, 2.45) is 0 Å². The SMILES string of the molecule is CN1C(=O)N[C@@]2(O[C@H](CO)[C@@H](O)[C@H](O)[C@H]2O)C1=O. The average molecular weight is 262 g/mol. The number of carbonyl (C=O) groups excluding carboxylic acids is 2. The molecule has 2 aliphatic rings. The highest BCUT2D eigenvalue weighted by Crippen LogP contribution is 2.32. The van der Waals surface area contributed by atoms with Gasteiger partial charge in [0.05, 0.1) is 6.61 Å². The van der Waals surface area contributed by atoms with Gasteiger partial charge in [-0.2, -0.15) is 0 Å². The van der Waals surface area contributed by atoms with Crippen molar-refractivity contribution in [1.29, 1.82) is 0 Å². The molecule has 2 fully saturated rings. The van der Waals surface area contributed by atoms with Crippen molar-refractivity contribution in [1.82, 2.24) is 10.2 Å². The Morgan fingerprint density at radius 2 is 1.94 bits per heavy atom. The molecule has 9 heteroatoms. The molecule has 0 saturated carbocycles. The van der Waals surface area contributed by atoms with Crippen LogP contribution in [0.2, 0.25) is 0 Å². The minimum atomic E-state index is -2.17. The molecule has 2 rings (SSSR count). The van der Waals surface area contributed by atoms with Gasteiger partial charge in [0, 0.05) is 7.05 Å². The quantitative estimate of drug-likeness (QED) is 0.307. The summed E-state index contributed by atoms with van der Waals surface area (Å²) in [6, 6.07) is -0.806. The van der Waals surface area contributed by atoms with Crippen molar-refractivity contribution in [2.75, 3.05) is 13.7 Å². The van der Waals surface area contributed by atoms with Gasteiger partial charge < -0.3 is 25.2 Å². The van der Waals surface area contributed by atoms with Gasteiger partial charge in [0.25, 0.3) is 11.6 Å². The summed E-state index contributed by atoms with van der Waals surface area (Å²) in [7, 11) is 1.17. The highest BCUT2D eigenvalue weighted by molar-refractivity contribution is 6.06. The lowest BCUT2D eigenvalue weighted by atomic mass is 9.90. The summed E-state index contributed by atoms with van der Waals surface area (Å²) < 4.78 is 5.10. The van der Waals surface area contributed by atoms with Crippen LogP contribution in [-0.2, 0) is 9.53 Å². The molecule has 2 aliphatic heterocycles. The van der Waals surface area contributed by atoms with E-state index >= 15 is 0 Å². The van der Waals surface area contributed by atoms with E-state index in [4.69, 9.17) is 9.84 Å². The summed E-state index contributed by atoms with van der Waals surface area (Å²) in [5.74, 6) is -0.899. The van der Waals surface area contributed by atoms with E-state index in [1.54, 1.807) is 0 Å². The first-order valence-electron chi connectivity index (χ1n) is 5.28. The van der Waals surface area contributed by atoms with Crippen molar-refractivity contribution in [3.8, 4) is 0 Å². The van der Waals surface area contributed by atoms with Crippen molar-refractivity contribution >= 4 is 11.9 Å². The van der Waals surface area contributed by atoms with Crippen LogP contribution >= 0.6 is 0 Å². The van der Waals surface area contributed by atoms with E-state index in [0.29, 0.717) is 4.90 Å². The normalized spacial score (nSPS) is 44.6. The summed E-state index contributed by atoms with van der Waals surface area (Å²) in [6.45, 7) is -0.681. The molecule has 0 aromatic rings. The maximum atomic E-state index is 11.9. The van der Waals surface area contributed by atoms with Gasteiger partial charge >= 0.3 is 6.03 Å². The molecular formula is C9H14N2O7. The molecule has 0 radical (unpaired) electrons. The average Bonchev–Trinajstić information content (AvgIpc) is 2.57. The number of hydrogen-bond acceptors (Lipinski definition) is 7. The monoisotopic (exact) mass is 262 g/mol. The van der Waals surface area contributed by atoms with Crippen LogP contribution in [0.3, 0.4) is 0 Å².